The molecular formula is C28H28O3. The van der Waals surface area contributed by atoms with Gasteiger partial charge in [-0.2, -0.15) is 0 Å². The number of phenols is 1. The first kappa shape index (κ1) is 20.9. The molecule has 1 aliphatic heterocycles. The molecule has 158 valence electrons. The highest BCUT2D eigenvalue weighted by atomic mass is 16.5. The summed E-state index contributed by atoms with van der Waals surface area (Å²) in [6.07, 6.45) is 1.40. The molecular weight excluding hydrogens is 384 g/mol. The molecule has 1 atom stereocenters. The van der Waals surface area contributed by atoms with E-state index in [1.807, 2.05) is 30.3 Å². The number of benzene rings is 3. The van der Waals surface area contributed by atoms with Gasteiger partial charge in [-0.3, -0.25) is 4.79 Å². The van der Waals surface area contributed by atoms with Gasteiger partial charge in [0, 0.05) is 5.57 Å². The normalized spacial score (nSPS) is 17.2. The molecule has 0 bridgehead atoms. The fourth-order valence-electron chi connectivity index (χ4n) is 3.86. The molecule has 3 aromatic carbocycles. The number of phenolic OH excluding ortho intramolecular Hbond substituents is 1. The largest absolute Gasteiger partial charge is 0.508 e. The molecule has 0 saturated heterocycles. The minimum absolute atomic E-state index is 0.0519. The highest BCUT2D eigenvalue weighted by Gasteiger charge is 2.33. The molecule has 0 aliphatic carbocycles. The van der Waals surface area contributed by atoms with Gasteiger partial charge in [-0.15, -0.1) is 0 Å². The molecule has 31 heavy (non-hydrogen) atoms. The molecule has 0 amide bonds. The van der Waals surface area contributed by atoms with Crippen molar-refractivity contribution in [2.24, 2.45) is 0 Å². The molecule has 4 rings (SSSR count). The van der Waals surface area contributed by atoms with Crippen molar-refractivity contribution < 1.29 is 14.6 Å². The van der Waals surface area contributed by atoms with Crippen LogP contribution in [0.5, 0.6) is 11.5 Å². The van der Waals surface area contributed by atoms with E-state index in [2.05, 4.69) is 52.0 Å². The van der Waals surface area contributed by atoms with Crippen LogP contribution >= 0.6 is 0 Å². The molecule has 1 unspecified atom stereocenters. The second-order valence-electron chi connectivity index (χ2n) is 8.75. The van der Waals surface area contributed by atoms with Crippen LogP contribution in [0.15, 0.2) is 72.3 Å². The third-order valence-corrected chi connectivity index (χ3v) is 5.83. The Morgan fingerprint density at radius 3 is 2.00 bits per heavy atom. The topological polar surface area (TPSA) is 46.5 Å². The van der Waals surface area contributed by atoms with Crippen molar-refractivity contribution in [2.45, 2.75) is 45.6 Å². The van der Waals surface area contributed by atoms with Crippen molar-refractivity contribution in [2.75, 3.05) is 0 Å². The first-order valence-electron chi connectivity index (χ1n) is 10.8. The average molecular weight is 413 g/mol. The fourth-order valence-corrected chi connectivity index (χ4v) is 3.86. The lowest BCUT2D eigenvalue weighted by atomic mass is 9.88. The molecule has 1 aliphatic rings. The van der Waals surface area contributed by atoms with E-state index in [9.17, 15) is 9.90 Å². The molecule has 3 heteroatoms. The Bertz CT molecular complexity index is 1120. The minimum Gasteiger partial charge on any atom is -0.508 e. The van der Waals surface area contributed by atoms with Gasteiger partial charge in [0.25, 0.3) is 0 Å². The van der Waals surface area contributed by atoms with E-state index in [-0.39, 0.29) is 11.5 Å². The van der Waals surface area contributed by atoms with Crippen molar-refractivity contribution in [3.63, 3.8) is 0 Å². The van der Waals surface area contributed by atoms with Gasteiger partial charge in [0.05, 0.1) is 5.56 Å². The zero-order chi connectivity index (χ0) is 22.1. The summed E-state index contributed by atoms with van der Waals surface area (Å²) >= 11 is 0. The van der Waals surface area contributed by atoms with E-state index >= 15 is 0 Å². The van der Waals surface area contributed by atoms with Crippen LogP contribution in [-0.2, 0) is 0 Å². The van der Waals surface area contributed by atoms with Crippen LogP contribution in [0.2, 0.25) is 0 Å². The van der Waals surface area contributed by atoms with Gasteiger partial charge in [0.2, 0.25) is 0 Å². The summed E-state index contributed by atoms with van der Waals surface area (Å²) in [5.41, 5.74) is 5.33. The smallest absolute Gasteiger partial charge is 0.196 e. The Morgan fingerprint density at radius 2 is 1.42 bits per heavy atom. The van der Waals surface area contributed by atoms with Gasteiger partial charge in [-0.05, 0) is 58.4 Å². The maximum atomic E-state index is 13.4. The van der Waals surface area contributed by atoms with Crippen molar-refractivity contribution in [3.05, 3.63) is 100 Å². The van der Waals surface area contributed by atoms with Crippen LogP contribution in [0.25, 0.3) is 6.08 Å². The Kier molecular flexibility index (Phi) is 5.69. The first-order valence-corrected chi connectivity index (χ1v) is 10.8. The third-order valence-electron chi connectivity index (χ3n) is 5.83. The molecule has 0 saturated carbocycles. The summed E-state index contributed by atoms with van der Waals surface area (Å²) in [5.74, 6) is 1.30. The van der Waals surface area contributed by atoms with E-state index < -0.39 is 6.10 Å². The Balaban J connectivity index is 1.80. The van der Waals surface area contributed by atoms with Gasteiger partial charge in [0.1, 0.15) is 11.5 Å². The summed E-state index contributed by atoms with van der Waals surface area (Å²) in [6.45, 7) is 8.63. The van der Waals surface area contributed by atoms with Crippen molar-refractivity contribution in [1.82, 2.24) is 0 Å². The zero-order valence-corrected chi connectivity index (χ0v) is 18.4. The predicted octanol–water partition coefficient (Wildman–Crippen LogP) is 7.04. The number of hydrogen-bond donors (Lipinski definition) is 1. The lowest BCUT2D eigenvalue weighted by Crippen LogP contribution is -2.23. The molecule has 0 spiro atoms. The van der Waals surface area contributed by atoms with Gasteiger partial charge in [-0.25, -0.2) is 0 Å². The van der Waals surface area contributed by atoms with Crippen LogP contribution < -0.4 is 4.74 Å². The number of fused-ring (bicyclic) bond motifs is 1. The number of ketones is 1. The van der Waals surface area contributed by atoms with Crippen LogP contribution in [0.4, 0.5) is 0 Å². The maximum Gasteiger partial charge on any atom is 0.196 e. The van der Waals surface area contributed by atoms with Crippen LogP contribution in [0, 0.1) is 0 Å². The van der Waals surface area contributed by atoms with Gasteiger partial charge >= 0.3 is 0 Å². The molecule has 1 heterocycles. The summed E-state index contributed by atoms with van der Waals surface area (Å²) in [4.78, 5) is 13.4. The lowest BCUT2D eigenvalue weighted by Gasteiger charge is -2.28. The summed E-state index contributed by atoms with van der Waals surface area (Å²) in [6, 6.07) is 21.2. The minimum atomic E-state index is -0.504. The predicted molar refractivity (Wildman–Crippen MR) is 125 cm³/mol. The number of ether oxygens (including phenoxy) is 1. The molecule has 1 N–H and O–H groups in total. The first-order chi connectivity index (χ1) is 14.8. The molecule has 3 aromatic rings. The Hall–Kier alpha value is -3.33. The van der Waals surface area contributed by atoms with Crippen LogP contribution in [-0.4, -0.2) is 10.9 Å². The van der Waals surface area contributed by atoms with Crippen LogP contribution in [0.1, 0.15) is 78.2 Å². The molecule has 0 radical (unpaired) electrons. The maximum absolute atomic E-state index is 13.4. The van der Waals surface area contributed by atoms with Gasteiger partial charge in [-0.1, -0.05) is 76.2 Å². The van der Waals surface area contributed by atoms with Gasteiger partial charge in [0.15, 0.2) is 11.9 Å². The summed E-state index contributed by atoms with van der Waals surface area (Å²) in [7, 11) is 0. The third kappa shape index (κ3) is 4.27. The highest BCUT2D eigenvalue weighted by molar-refractivity contribution is 6.14. The molecule has 0 fully saturated rings. The van der Waals surface area contributed by atoms with E-state index in [0.29, 0.717) is 28.7 Å². The lowest BCUT2D eigenvalue weighted by molar-refractivity contribution is 0.0963. The summed E-state index contributed by atoms with van der Waals surface area (Å²) < 4.78 is 6.29. The van der Waals surface area contributed by atoms with E-state index in [1.165, 1.54) is 17.2 Å². The standard InChI is InChI=1S/C28H28O3/c1-17(2)20-7-5-19(6-8-20)15-25-27(30)24-16-23(29)13-14-26(24)31-28(25)22-11-9-21(10-12-22)18(3)4/h5-18,28-29H,1-4H3. The fraction of sp³-hybridized carbons (Fsp3) is 0.250. The second kappa shape index (κ2) is 8.43. The molecule has 3 nitrogen and oxygen atoms in total. The number of rotatable bonds is 4. The number of carbonyl (C=O) groups excluding carboxylic acids is 1. The number of hydrogen-bond acceptors (Lipinski definition) is 3. The van der Waals surface area contributed by atoms with E-state index in [4.69, 9.17) is 4.74 Å². The quantitative estimate of drug-likeness (QED) is 0.468. The number of Topliss-reactive ketones (excluding diaryl/α,β-unsaturated/α-hetero) is 1. The Labute approximate surface area is 184 Å². The number of aromatic hydroxyl groups is 1. The van der Waals surface area contributed by atoms with Crippen molar-refractivity contribution in [3.8, 4) is 11.5 Å². The van der Waals surface area contributed by atoms with Crippen molar-refractivity contribution >= 4 is 11.9 Å². The van der Waals surface area contributed by atoms with E-state index in [0.717, 1.165) is 11.1 Å². The van der Waals surface area contributed by atoms with E-state index in [1.54, 1.807) is 12.1 Å². The Morgan fingerprint density at radius 1 is 0.839 bits per heavy atom. The summed E-state index contributed by atoms with van der Waals surface area (Å²) in [5, 5.41) is 9.90. The van der Waals surface area contributed by atoms with Gasteiger partial charge < -0.3 is 9.84 Å². The highest BCUT2D eigenvalue weighted by Crippen LogP contribution is 2.40. The monoisotopic (exact) mass is 412 g/mol. The number of carbonyl (C=O) groups is 1. The molecule has 0 aromatic heterocycles. The van der Waals surface area contributed by atoms with Crippen LogP contribution in [0.3, 0.4) is 0 Å². The average Bonchev–Trinajstić information content (AvgIpc) is 2.76. The SMILES string of the molecule is CC(C)c1ccc(C=C2C(=O)c3cc(O)ccc3OC2c2ccc(C(C)C)cc2)cc1. The zero-order valence-electron chi connectivity index (χ0n) is 18.4. The van der Waals surface area contributed by atoms with Crippen molar-refractivity contribution in [1.29, 1.82) is 0 Å². The second-order valence-corrected chi connectivity index (χ2v) is 8.75.